The third-order valence-electron chi connectivity index (χ3n) is 18.8. The molecule has 6 heterocycles. The molecule has 3 saturated heterocycles. The lowest BCUT2D eigenvalue weighted by Gasteiger charge is -2.37. The van der Waals surface area contributed by atoms with Crippen molar-refractivity contribution in [1.82, 2.24) is 44.4 Å². The molecular formula is C84H99F3N12O12. The number of rotatable bonds is 27. The summed E-state index contributed by atoms with van der Waals surface area (Å²) in [6, 6.07) is 39.7. The number of esters is 3. The Bertz CT molecular complexity index is 4190. The van der Waals surface area contributed by atoms with Crippen molar-refractivity contribution >= 4 is 85.4 Å². The highest BCUT2D eigenvalue weighted by atomic mass is 19.1. The molecule has 0 spiro atoms. The quantitative estimate of drug-likeness (QED) is 0.0265. The predicted molar refractivity (Wildman–Crippen MR) is 423 cm³/mol. The maximum atomic E-state index is 13.3. The van der Waals surface area contributed by atoms with Crippen molar-refractivity contribution in [2.75, 3.05) is 195 Å². The van der Waals surface area contributed by atoms with Gasteiger partial charge in [0, 0.05) is 131 Å². The number of nitrogens with zero attached hydrogens (tertiary/aromatic N) is 12. The SMILES string of the molecule is CCOC(=O)c1c(OCCCN(C)C)nc2ccccc2c1N1CCN(C(=O)c2ccc(F)cc2)CC1.CCOC(=O)c1c(OCCCN(C)C)nc2ccccc2c1N1CCN(C(=O)c2ccc(F)cc2)CC1.CCOC(=O)c1c(OCCCN(C)C)nc2ccccc2c1N1CCN(C(=O)c2ccc(F)cc2)CC1. The van der Waals surface area contributed by atoms with Crippen molar-refractivity contribution in [2.24, 2.45) is 0 Å². The maximum absolute atomic E-state index is 13.3. The van der Waals surface area contributed by atoms with Gasteiger partial charge in [0.15, 0.2) is 0 Å². The fraction of sp³-hybridized carbons (Fsp3) is 0.393. The average Bonchev–Trinajstić information content (AvgIpc) is 0.770. The molecule has 24 nitrogen and oxygen atoms in total. The van der Waals surface area contributed by atoms with Gasteiger partial charge in [-0.05, 0) is 173 Å². The van der Waals surface area contributed by atoms with E-state index in [1.807, 2.05) is 115 Å². The molecule has 588 valence electrons. The van der Waals surface area contributed by atoms with E-state index in [0.717, 1.165) is 71.6 Å². The van der Waals surface area contributed by atoms with Gasteiger partial charge in [0.05, 0.1) is 73.3 Å². The zero-order valence-electron chi connectivity index (χ0n) is 64.7. The minimum Gasteiger partial charge on any atom is -0.477 e. The van der Waals surface area contributed by atoms with Crippen LogP contribution in [-0.2, 0) is 14.2 Å². The lowest BCUT2D eigenvalue weighted by molar-refractivity contribution is 0.0511. The van der Waals surface area contributed by atoms with Crippen LogP contribution in [0.25, 0.3) is 32.7 Å². The molecule has 3 fully saturated rings. The first kappa shape index (κ1) is 82.3. The van der Waals surface area contributed by atoms with Crippen LogP contribution < -0.4 is 28.9 Å². The number of para-hydroxylation sites is 3. The first-order valence-corrected chi connectivity index (χ1v) is 37.7. The van der Waals surface area contributed by atoms with E-state index in [4.69, 9.17) is 28.4 Å². The average molecular weight is 1530 g/mol. The Kier molecular flexibility index (Phi) is 29.7. The highest BCUT2D eigenvalue weighted by Gasteiger charge is 2.35. The van der Waals surface area contributed by atoms with E-state index in [2.05, 4.69) is 44.4 Å². The number of anilines is 3. The number of amides is 3. The van der Waals surface area contributed by atoms with Crippen LogP contribution in [0.15, 0.2) is 146 Å². The summed E-state index contributed by atoms with van der Waals surface area (Å²) in [6.07, 6.45) is 2.34. The lowest BCUT2D eigenvalue weighted by Crippen LogP contribution is -2.49. The summed E-state index contributed by atoms with van der Waals surface area (Å²) in [5, 5.41) is 2.47. The van der Waals surface area contributed by atoms with Gasteiger partial charge in [0.1, 0.15) is 34.1 Å². The summed E-state index contributed by atoms with van der Waals surface area (Å²) in [4.78, 5) is 110. The van der Waals surface area contributed by atoms with Crippen LogP contribution in [0.1, 0.15) is 102 Å². The number of fused-ring (bicyclic) bond motifs is 3. The largest absolute Gasteiger partial charge is 0.477 e. The molecule has 3 aliphatic rings. The number of hydrogen-bond acceptors (Lipinski definition) is 21. The number of benzene rings is 6. The Balaban J connectivity index is 0.000000177. The summed E-state index contributed by atoms with van der Waals surface area (Å²) in [5.74, 6) is -2.23. The van der Waals surface area contributed by atoms with Crippen molar-refractivity contribution in [1.29, 1.82) is 0 Å². The monoisotopic (exact) mass is 1520 g/mol. The van der Waals surface area contributed by atoms with E-state index in [1.54, 1.807) is 35.5 Å². The Morgan fingerprint density at radius 2 is 0.577 bits per heavy atom. The molecule has 12 rings (SSSR count). The van der Waals surface area contributed by atoms with Gasteiger partial charge in [0.2, 0.25) is 17.6 Å². The van der Waals surface area contributed by atoms with Gasteiger partial charge < -0.3 is 72.5 Å². The van der Waals surface area contributed by atoms with E-state index < -0.39 is 17.9 Å². The molecule has 0 bridgehead atoms. The van der Waals surface area contributed by atoms with Crippen LogP contribution in [0.3, 0.4) is 0 Å². The van der Waals surface area contributed by atoms with Gasteiger partial charge in [-0.15, -0.1) is 0 Å². The lowest BCUT2D eigenvalue weighted by atomic mass is 10.1. The second-order valence-electron chi connectivity index (χ2n) is 27.5. The summed E-state index contributed by atoms with van der Waals surface area (Å²) in [6.45, 7) is 15.5. The van der Waals surface area contributed by atoms with Crippen LogP contribution in [0.5, 0.6) is 17.6 Å². The van der Waals surface area contributed by atoms with Gasteiger partial charge in [-0.25, -0.2) is 42.5 Å². The number of ether oxygens (including phenoxy) is 6. The minimum atomic E-state index is -0.483. The number of pyridine rings is 3. The second-order valence-corrected chi connectivity index (χ2v) is 27.5. The fourth-order valence-corrected chi connectivity index (χ4v) is 13.4. The number of carbonyl (C=O) groups is 6. The summed E-state index contributed by atoms with van der Waals surface area (Å²) in [5.41, 5.74) is 6.56. The van der Waals surface area contributed by atoms with Gasteiger partial charge in [-0.3, -0.25) is 14.4 Å². The first-order chi connectivity index (χ1) is 53.7. The summed E-state index contributed by atoms with van der Waals surface area (Å²) >= 11 is 0. The second kappa shape index (κ2) is 40.0. The molecule has 0 unspecified atom stereocenters. The number of carbonyl (C=O) groups excluding carboxylic acids is 6. The normalized spacial score (nSPS) is 13.8. The predicted octanol–water partition coefficient (Wildman–Crippen LogP) is 11.5. The van der Waals surface area contributed by atoms with Crippen LogP contribution in [-0.4, -0.2) is 260 Å². The van der Waals surface area contributed by atoms with Gasteiger partial charge in [0.25, 0.3) is 17.7 Å². The van der Waals surface area contributed by atoms with Crippen LogP contribution in [0, 0.1) is 17.5 Å². The molecule has 9 aromatic rings. The van der Waals surface area contributed by atoms with Gasteiger partial charge in [-0.1, -0.05) is 54.6 Å². The number of hydrogen-bond donors (Lipinski definition) is 0. The molecule has 3 aliphatic heterocycles. The fourth-order valence-electron chi connectivity index (χ4n) is 13.4. The zero-order chi connectivity index (χ0) is 79.1. The molecule has 3 amide bonds. The van der Waals surface area contributed by atoms with Crippen molar-refractivity contribution < 1.29 is 70.4 Å². The molecule has 0 aliphatic carbocycles. The van der Waals surface area contributed by atoms with Crippen molar-refractivity contribution in [3.8, 4) is 17.6 Å². The zero-order valence-corrected chi connectivity index (χ0v) is 64.7. The molecular weight excluding hydrogens is 1430 g/mol. The highest BCUT2D eigenvalue weighted by molar-refractivity contribution is 6.10. The number of aromatic nitrogens is 3. The van der Waals surface area contributed by atoms with Crippen molar-refractivity contribution in [3.63, 3.8) is 0 Å². The van der Waals surface area contributed by atoms with E-state index in [9.17, 15) is 41.9 Å². The Hall–Kier alpha value is -11.2. The molecule has 3 aromatic heterocycles. The molecule has 6 aromatic carbocycles. The topological polar surface area (TPSA) is 226 Å². The Morgan fingerprint density at radius 3 is 0.802 bits per heavy atom. The molecule has 111 heavy (non-hydrogen) atoms. The van der Waals surface area contributed by atoms with Gasteiger partial charge in [-0.2, -0.15) is 0 Å². The summed E-state index contributed by atoms with van der Waals surface area (Å²) < 4.78 is 74.4. The van der Waals surface area contributed by atoms with E-state index >= 15 is 0 Å². The van der Waals surface area contributed by atoms with Crippen LogP contribution >= 0.6 is 0 Å². The minimum absolute atomic E-state index is 0.144. The summed E-state index contributed by atoms with van der Waals surface area (Å²) in [7, 11) is 12.0. The molecule has 0 N–H and O–H groups in total. The van der Waals surface area contributed by atoms with Crippen molar-refractivity contribution in [2.45, 2.75) is 40.0 Å². The molecule has 0 atom stereocenters. The van der Waals surface area contributed by atoms with Crippen LogP contribution in [0.4, 0.5) is 30.2 Å². The number of halogens is 3. The first-order valence-electron chi connectivity index (χ1n) is 37.7. The molecule has 0 saturated carbocycles. The van der Waals surface area contributed by atoms with E-state index in [1.165, 1.54) is 72.8 Å². The van der Waals surface area contributed by atoms with Crippen molar-refractivity contribution in [3.05, 3.63) is 196 Å². The maximum Gasteiger partial charge on any atom is 0.345 e. The molecule has 0 radical (unpaired) electrons. The van der Waals surface area contributed by atoms with Crippen LogP contribution in [0.2, 0.25) is 0 Å². The molecule has 27 heteroatoms. The van der Waals surface area contributed by atoms with E-state index in [-0.39, 0.29) is 72.6 Å². The number of piperazine rings is 3. The third kappa shape index (κ3) is 21.5. The smallest absolute Gasteiger partial charge is 0.345 e. The third-order valence-corrected chi connectivity index (χ3v) is 18.8. The Morgan fingerprint density at radius 1 is 0.342 bits per heavy atom. The standard InChI is InChI=1S/3C28H33FN4O4/c3*1-4-36-28(35)24-25(22-8-5-6-9-23(22)30-26(24)37-19-7-14-31(2)3)32-15-17-33(18-16-32)27(34)20-10-12-21(29)13-11-20/h3*5-6,8-13H,4,7,14-19H2,1-3H3. The van der Waals surface area contributed by atoms with E-state index in [0.29, 0.717) is 149 Å². The van der Waals surface area contributed by atoms with Gasteiger partial charge >= 0.3 is 17.9 Å². The Labute approximate surface area is 646 Å². The highest BCUT2D eigenvalue weighted by Crippen LogP contribution is 2.41.